The molecule has 0 atom stereocenters. The third-order valence-corrected chi connectivity index (χ3v) is 6.03. The van der Waals surface area contributed by atoms with Gasteiger partial charge in [-0.05, 0) is 36.1 Å². The lowest BCUT2D eigenvalue weighted by Gasteiger charge is -2.25. The van der Waals surface area contributed by atoms with Gasteiger partial charge < -0.3 is 14.4 Å². The molecule has 4 rings (SSSR count). The maximum absolute atomic E-state index is 12.9. The number of ether oxygens (including phenoxy) is 2. The van der Waals surface area contributed by atoms with E-state index in [1.54, 1.807) is 17.0 Å². The summed E-state index contributed by atoms with van der Waals surface area (Å²) >= 11 is 0. The second-order valence-electron chi connectivity index (χ2n) is 6.27. The molecule has 0 bridgehead atoms. The molecule has 9 nitrogen and oxygen atoms in total. The molecule has 2 aliphatic rings. The molecule has 0 fully saturated rings. The van der Waals surface area contributed by atoms with Crippen LogP contribution in [0.5, 0.6) is 11.9 Å². The normalized spacial score (nSPS) is 15.5. The fourth-order valence-electron chi connectivity index (χ4n) is 3.46. The zero-order valence-electron chi connectivity index (χ0n) is 14.9. The minimum atomic E-state index is -3.88. The predicted octanol–water partition coefficient (Wildman–Crippen LogP) is 1.13. The summed E-state index contributed by atoms with van der Waals surface area (Å²) in [5.41, 5.74) is 2.74. The largest absolute Gasteiger partial charge is 0.479 e. The van der Waals surface area contributed by atoms with E-state index in [-0.39, 0.29) is 28.4 Å². The van der Waals surface area contributed by atoms with Crippen molar-refractivity contribution >= 4 is 27.3 Å². The van der Waals surface area contributed by atoms with Gasteiger partial charge in [0.1, 0.15) is 5.69 Å². The van der Waals surface area contributed by atoms with Crippen molar-refractivity contribution in [3.05, 3.63) is 29.5 Å². The minimum Gasteiger partial charge on any atom is -0.479 e. The number of rotatable bonds is 5. The fraction of sp³-hybridized carbons (Fsp3) is 0.353. The van der Waals surface area contributed by atoms with Crippen LogP contribution in [0.25, 0.3) is 0 Å². The third-order valence-electron chi connectivity index (χ3n) is 4.69. The van der Waals surface area contributed by atoms with Crippen LogP contribution in [0.3, 0.4) is 0 Å². The molecule has 10 heteroatoms. The number of nitrogens with one attached hydrogen (secondary N) is 1. The zero-order valence-corrected chi connectivity index (χ0v) is 15.7. The molecule has 142 valence electrons. The van der Waals surface area contributed by atoms with Gasteiger partial charge >= 0.3 is 6.01 Å². The molecule has 0 radical (unpaired) electrons. The molecular formula is C17H18N4O5S. The first-order valence-corrected chi connectivity index (χ1v) is 9.85. The Kier molecular flexibility index (Phi) is 4.14. The molecule has 1 aromatic heterocycles. The quantitative estimate of drug-likeness (QED) is 0.815. The van der Waals surface area contributed by atoms with Gasteiger partial charge in [0.25, 0.3) is 10.0 Å². The molecule has 1 amide bonds. The van der Waals surface area contributed by atoms with Crippen molar-refractivity contribution < 1.29 is 22.7 Å². The number of aryl methyl sites for hydroxylation is 1. The van der Waals surface area contributed by atoms with Crippen LogP contribution < -0.4 is 19.1 Å². The Morgan fingerprint density at radius 3 is 2.56 bits per heavy atom. The maximum Gasteiger partial charge on any atom is 0.319 e. The lowest BCUT2D eigenvalue weighted by Crippen LogP contribution is -2.33. The van der Waals surface area contributed by atoms with Gasteiger partial charge in [0, 0.05) is 13.0 Å². The molecule has 3 heterocycles. The van der Waals surface area contributed by atoms with E-state index in [9.17, 15) is 13.2 Å². The average molecular weight is 390 g/mol. The van der Waals surface area contributed by atoms with Crippen molar-refractivity contribution in [3.8, 4) is 11.9 Å². The van der Waals surface area contributed by atoms with Gasteiger partial charge in [0.15, 0.2) is 0 Å². The van der Waals surface area contributed by atoms with Crippen molar-refractivity contribution in [2.45, 2.75) is 24.2 Å². The van der Waals surface area contributed by atoms with E-state index in [1.165, 1.54) is 20.4 Å². The Labute approximate surface area is 156 Å². The smallest absolute Gasteiger partial charge is 0.319 e. The van der Waals surface area contributed by atoms with Crippen molar-refractivity contribution in [1.29, 1.82) is 0 Å². The summed E-state index contributed by atoms with van der Waals surface area (Å²) in [7, 11) is -1.10. The van der Waals surface area contributed by atoms with Gasteiger partial charge in [0.2, 0.25) is 11.8 Å². The van der Waals surface area contributed by atoms with E-state index in [0.29, 0.717) is 25.8 Å². The van der Waals surface area contributed by atoms with Crippen LogP contribution in [-0.2, 0) is 27.7 Å². The van der Waals surface area contributed by atoms with Crippen molar-refractivity contribution in [3.63, 3.8) is 0 Å². The summed E-state index contributed by atoms with van der Waals surface area (Å²) in [5, 5.41) is 0. The van der Waals surface area contributed by atoms with Crippen LogP contribution in [0.1, 0.15) is 17.5 Å². The van der Waals surface area contributed by atoms with Crippen LogP contribution in [-0.4, -0.2) is 45.1 Å². The highest BCUT2D eigenvalue weighted by Crippen LogP contribution is 2.38. The molecule has 27 heavy (non-hydrogen) atoms. The minimum absolute atomic E-state index is 0.0599. The second kappa shape index (κ2) is 6.38. The number of anilines is 2. The molecule has 0 saturated heterocycles. The Hall–Kier alpha value is -2.88. The number of carbonyl (C=O) groups is 1. The summed E-state index contributed by atoms with van der Waals surface area (Å²) in [5.74, 6) is 0.153. The second-order valence-corrected chi connectivity index (χ2v) is 7.95. The highest BCUT2D eigenvalue weighted by molar-refractivity contribution is 7.92. The monoisotopic (exact) mass is 390 g/mol. The molecule has 2 aliphatic heterocycles. The third kappa shape index (κ3) is 2.95. The predicted molar refractivity (Wildman–Crippen MR) is 96.8 cm³/mol. The van der Waals surface area contributed by atoms with Crippen LogP contribution in [0.4, 0.5) is 11.4 Å². The molecule has 2 aromatic rings. The Morgan fingerprint density at radius 1 is 1.11 bits per heavy atom. The number of amides is 1. The highest BCUT2D eigenvalue weighted by atomic mass is 32.2. The number of aromatic nitrogens is 2. The number of benzene rings is 1. The fourth-order valence-corrected chi connectivity index (χ4v) is 4.60. The summed E-state index contributed by atoms with van der Waals surface area (Å²) in [6, 6.07) is 3.32. The summed E-state index contributed by atoms with van der Waals surface area (Å²) in [6.45, 7) is 0.595. The maximum atomic E-state index is 12.9. The van der Waals surface area contributed by atoms with E-state index in [2.05, 4.69) is 14.7 Å². The zero-order chi connectivity index (χ0) is 19.2. The first-order valence-electron chi connectivity index (χ1n) is 8.37. The molecule has 0 aliphatic carbocycles. The van der Waals surface area contributed by atoms with E-state index >= 15 is 0 Å². The standard InChI is InChI=1S/C17H18N4O5S/c1-25-16-13(9-18-17(19-16)26-2)20-27(23,24)12-7-10-3-4-14(22)21-6-5-11(8-12)15(10)21/h7-9,20H,3-6H2,1-2H3. The lowest BCUT2D eigenvalue weighted by molar-refractivity contribution is -0.118. The number of carbonyl (C=O) groups excluding carboxylic acids is 1. The average Bonchev–Trinajstić information content (AvgIpc) is 3.10. The van der Waals surface area contributed by atoms with Gasteiger partial charge in [-0.25, -0.2) is 13.4 Å². The number of hydrogen-bond donors (Lipinski definition) is 1. The summed E-state index contributed by atoms with van der Waals surface area (Å²) in [4.78, 5) is 21.8. The topological polar surface area (TPSA) is 111 Å². The van der Waals surface area contributed by atoms with E-state index in [4.69, 9.17) is 9.47 Å². The molecule has 0 unspecified atom stereocenters. The molecule has 0 spiro atoms. The number of nitrogens with zero attached hydrogens (tertiary/aromatic N) is 3. The van der Waals surface area contributed by atoms with Crippen LogP contribution >= 0.6 is 0 Å². The van der Waals surface area contributed by atoms with Crippen LogP contribution in [0, 0.1) is 0 Å². The van der Waals surface area contributed by atoms with E-state index in [0.717, 1.165) is 16.8 Å². The highest BCUT2D eigenvalue weighted by Gasteiger charge is 2.33. The SMILES string of the molecule is COc1ncc(NS(=O)(=O)c2cc3c4c(c2)CCN4C(=O)CC3)c(OC)n1. The molecule has 0 saturated carbocycles. The first-order chi connectivity index (χ1) is 12.9. The van der Waals surface area contributed by atoms with Gasteiger partial charge in [-0.1, -0.05) is 0 Å². The van der Waals surface area contributed by atoms with Gasteiger partial charge in [0.05, 0.1) is 31.0 Å². The lowest BCUT2D eigenvalue weighted by atomic mass is 10.00. The first kappa shape index (κ1) is 17.5. The van der Waals surface area contributed by atoms with Crippen LogP contribution in [0.15, 0.2) is 23.2 Å². The number of methoxy groups -OCH3 is 2. The Morgan fingerprint density at radius 2 is 1.85 bits per heavy atom. The van der Waals surface area contributed by atoms with Gasteiger partial charge in [-0.2, -0.15) is 4.98 Å². The molecule has 1 N–H and O–H groups in total. The number of hydrogen-bond acceptors (Lipinski definition) is 7. The Bertz CT molecular complexity index is 1040. The molecular weight excluding hydrogens is 372 g/mol. The summed E-state index contributed by atoms with van der Waals surface area (Å²) in [6.07, 6.45) is 2.87. The van der Waals surface area contributed by atoms with Crippen molar-refractivity contribution in [2.24, 2.45) is 0 Å². The van der Waals surface area contributed by atoms with Gasteiger partial charge in [-0.3, -0.25) is 9.52 Å². The number of sulfonamides is 1. The molecule has 1 aromatic carbocycles. The van der Waals surface area contributed by atoms with E-state index < -0.39 is 10.0 Å². The Balaban J connectivity index is 1.71. The van der Waals surface area contributed by atoms with Crippen LogP contribution in [0.2, 0.25) is 0 Å². The van der Waals surface area contributed by atoms with Gasteiger partial charge in [-0.15, -0.1) is 0 Å². The van der Waals surface area contributed by atoms with Crippen molar-refractivity contribution in [2.75, 3.05) is 30.4 Å². The van der Waals surface area contributed by atoms with E-state index in [1.807, 2.05) is 0 Å². The summed E-state index contributed by atoms with van der Waals surface area (Å²) < 4.78 is 38.4. The van der Waals surface area contributed by atoms with Crippen molar-refractivity contribution in [1.82, 2.24) is 9.97 Å².